The third-order valence-corrected chi connectivity index (χ3v) is 4.14. The van der Waals surface area contributed by atoms with E-state index in [1.54, 1.807) is 4.90 Å². The van der Waals surface area contributed by atoms with E-state index in [2.05, 4.69) is 0 Å². The standard InChI is InChI=1S/C13H22N2O5/c16-5-3-9-2-1-4-14(7-9)13(20)15-8-10(17)6-11(15)12(18)19/h9-11,16-17H,1-8H2,(H,18,19). The van der Waals surface area contributed by atoms with Crippen LogP contribution in [0.3, 0.4) is 0 Å². The van der Waals surface area contributed by atoms with Crippen LogP contribution in [0.1, 0.15) is 25.7 Å². The molecule has 2 aliphatic rings. The van der Waals surface area contributed by atoms with Crippen LogP contribution in [0.15, 0.2) is 0 Å². The lowest BCUT2D eigenvalue weighted by Gasteiger charge is -2.36. The molecule has 0 bridgehead atoms. The highest BCUT2D eigenvalue weighted by molar-refractivity contribution is 5.83. The normalized spacial score (nSPS) is 30.6. The molecule has 0 aromatic heterocycles. The summed E-state index contributed by atoms with van der Waals surface area (Å²) in [5.74, 6) is -0.799. The fraction of sp³-hybridized carbons (Fsp3) is 0.846. The summed E-state index contributed by atoms with van der Waals surface area (Å²) in [5, 5.41) is 27.7. The van der Waals surface area contributed by atoms with E-state index in [9.17, 15) is 14.7 Å². The minimum absolute atomic E-state index is 0.0803. The number of amides is 2. The fourth-order valence-electron chi connectivity index (χ4n) is 3.10. The number of aliphatic carboxylic acids is 1. The van der Waals surface area contributed by atoms with Crippen molar-refractivity contribution in [1.82, 2.24) is 9.80 Å². The van der Waals surface area contributed by atoms with Crippen molar-refractivity contribution in [2.45, 2.75) is 37.8 Å². The van der Waals surface area contributed by atoms with Crippen molar-refractivity contribution in [1.29, 1.82) is 0 Å². The molecule has 2 fully saturated rings. The van der Waals surface area contributed by atoms with E-state index >= 15 is 0 Å². The molecule has 20 heavy (non-hydrogen) atoms. The molecule has 2 aliphatic heterocycles. The fourth-order valence-corrected chi connectivity index (χ4v) is 3.10. The molecule has 0 spiro atoms. The van der Waals surface area contributed by atoms with Gasteiger partial charge >= 0.3 is 12.0 Å². The number of rotatable bonds is 3. The van der Waals surface area contributed by atoms with Gasteiger partial charge in [-0.3, -0.25) is 0 Å². The molecule has 3 N–H and O–H groups in total. The van der Waals surface area contributed by atoms with Crippen LogP contribution in [-0.4, -0.2) is 75.5 Å². The number of carboxylic acids is 1. The van der Waals surface area contributed by atoms with E-state index in [0.717, 1.165) is 12.8 Å². The van der Waals surface area contributed by atoms with Gasteiger partial charge in [-0.1, -0.05) is 0 Å². The Hall–Kier alpha value is -1.34. The zero-order valence-corrected chi connectivity index (χ0v) is 11.4. The number of aliphatic hydroxyl groups excluding tert-OH is 2. The van der Waals surface area contributed by atoms with Gasteiger partial charge in [-0.25, -0.2) is 9.59 Å². The van der Waals surface area contributed by atoms with Gasteiger partial charge in [-0.2, -0.15) is 0 Å². The Morgan fingerprint density at radius 2 is 2.00 bits per heavy atom. The Morgan fingerprint density at radius 3 is 2.65 bits per heavy atom. The van der Waals surface area contributed by atoms with E-state index in [1.807, 2.05) is 0 Å². The number of nitrogens with zero attached hydrogens (tertiary/aromatic N) is 2. The molecule has 2 heterocycles. The van der Waals surface area contributed by atoms with Crippen LogP contribution in [0.25, 0.3) is 0 Å². The molecule has 0 aromatic rings. The summed E-state index contributed by atoms with van der Waals surface area (Å²) in [6.45, 7) is 1.35. The average molecular weight is 286 g/mol. The second kappa shape index (κ2) is 6.41. The van der Waals surface area contributed by atoms with E-state index in [0.29, 0.717) is 19.5 Å². The SMILES string of the molecule is O=C(O)C1CC(O)CN1C(=O)N1CCCC(CCO)C1. The van der Waals surface area contributed by atoms with Crippen LogP contribution in [0.4, 0.5) is 4.79 Å². The first kappa shape index (κ1) is 15.1. The number of hydrogen-bond acceptors (Lipinski definition) is 4. The Kier molecular flexibility index (Phi) is 4.82. The molecule has 2 amide bonds. The maximum Gasteiger partial charge on any atom is 0.326 e. The summed E-state index contributed by atoms with van der Waals surface area (Å²) in [6.07, 6.45) is 1.84. The Balaban J connectivity index is 2.00. The summed E-state index contributed by atoms with van der Waals surface area (Å²) >= 11 is 0. The molecule has 7 heteroatoms. The monoisotopic (exact) mass is 286 g/mol. The van der Waals surface area contributed by atoms with E-state index in [1.165, 1.54) is 4.90 Å². The number of carboxylic acid groups (broad SMARTS) is 1. The van der Waals surface area contributed by atoms with Crippen molar-refractivity contribution in [3.63, 3.8) is 0 Å². The summed E-state index contributed by atoms with van der Waals surface area (Å²) in [7, 11) is 0. The molecule has 0 radical (unpaired) electrons. The van der Waals surface area contributed by atoms with Gasteiger partial charge in [0.05, 0.1) is 6.10 Å². The molecule has 2 saturated heterocycles. The average Bonchev–Trinajstić information content (AvgIpc) is 2.81. The molecular formula is C13H22N2O5. The smallest absolute Gasteiger partial charge is 0.326 e. The maximum atomic E-state index is 12.4. The van der Waals surface area contributed by atoms with Crippen molar-refractivity contribution in [2.75, 3.05) is 26.2 Å². The number of likely N-dealkylation sites (tertiary alicyclic amines) is 2. The molecule has 2 rings (SSSR count). The minimum atomic E-state index is -1.07. The minimum Gasteiger partial charge on any atom is -0.480 e. The van der Waals surface area contributed by atoms with Crippen molar-refractivity contribution >= 4 is 12.0 Å². The first-order valence-corrected chi connectivity index (χ1v) is 7.10. The second-order valence-corrected chi connectivity index (χ2v) is 5.65. The van der Waals surface area contributed by atoms with Gasteiger partial charge in [0.15, 0.2) is 0 Å². The molecule has 0 aliphatic carbocycles. The van der Waals surface area contributed by atoms with E-state index < -0.39 is 18.1 Å². The number of carbonyl (C=O) groups is 2. The Labute approximate surface area is 117 Å². The molecule has 114 valence electrons. The number of aliphatic hydroxyl groups is 2. The van der Waals surface area contributed by atoms with Crippen LogP contribution >= 0.6 is 0 Å². The van der Waals surface area contributed by atoms with Crippen molar-refractivity contribution in [3.8, 4) is 0 Å². The molecule has 7 nitrogen and oxygen atoms in total. The number of piperidine rings is 1. The first-order valence-electron chi connectivity index (χ1n) is 7.10. The van der Waals surface area contributed by atoms with E-state index in [-0.39, 0.29) is 31.5 Å². The number of β-amino-alcohol motifs (C(OH)–C–C–N with tert-alkyl or cyclic N) is 1. The van der Waals surface area contributed by atoms with Crippen LogP contribution in [-0.2, 0) is 4.79 Å². The van der Waals surface area contributed by atoms with Gasteiger partial charge in [0.1, 0.15) is 6.04 Å². The summed E-state index contributed by atoms with van der Waals surface area (Å²) in [6, 6.07) is -1.24. The highest BCUT2D eigenvalue weighted by Crippen LogP contribution is 2.24. The highest BCUT2D eigenvalue weighted by atomic mass is 16.4. The highest BCUT2D eigenvalue weighted by Gasteiger charge is 2.41. The van der Waals surface area contributed by atoms with Crippen molar-refractivity contribution < 1.29 is 24.9 Å². The van der Waals surface area contributed by atoms with Crippen LogP contribution in [0.5, 0.6) is 0 Å². The molecule has 0 aromatic carbocycles. The zero-order chi connectivity index (χ0) is 14.7. The van der Waals surface area contributed by atoms with Crippen molar-refractivity contribution in [3.05, 3.63) is 0 Å². The van der Waals surface area contributed by atoms with E-state index in [4.69, 9.17) is 10.2 Å². The molecule has 3 atom stereocenters. The summed E-state index contributed by atoms with van der Waals surface area (Å²) in [4.78, 5) is 26.5. The van der Waals surface area contributed by atoms with Crippen LogP contribution < -0.4 is 0 Å². The third-order valence-electron chi connectivity index (χ3n) is 4.14. The predicted octanol–water partition coefficient (Wildman–Crippen LogP) is -0.279. The van der Waals surface area contributed by atoms with Gasteiger partial charge in [0.2, 0.25) is 0 Å². The van der Waals surface area contributed by atoms with Crippen molar-refractivity contribution in [2.24, 2.45) is 5.92 Å². The Bertz CT molecular complexity index is 374. The largest absolute Gasteiger partial charge is 0.480 e. The van der Waals surface area contributed by atoms with Gasteiger partial charge in [-0.15, -0.1) is 0 Å². The maximum absolute atomic E-state index is 12.4. The molecule has 3 unspecified atom stereocenters. The van der Waals surface area contributed by atoms with Crippen LogP contribution in [0.2, 0.25) is 0 Å². The zero-order valence-electron chi connectivity index (χ0n) is 11.4. The third kappa shape index (κ3) is 3.21. The quantitative estimate of drug-likeness (QED) is 0.662. The predicted molar refractivity (Wildman–Crippen MR) is 70.1 cm³/mol. The summed E-state index contributed by atoms with van der Waals surface area (Å²) < 4.78 is 0. The lowest BCUT2D eigenvalue weighted by Crippen LogP contribution is -2.51. The van der Waals surface area contributed by atoms with Gasteiger partial charge in [0, 0.05) is 32.7 Å². The number of hydrogen-bond donors (Lipinski definition) is 3. The van der Waals surface area contributed by atoms with Gasteiger partial charge in [0.25, 0.3) is 0 Å². The number of carbonyl (C=O) groups excluding carboxylic acids is 1. The topological polar surface area (TPSA) is 101 Å². The summed E-state index contributed by atoms with van der Waals surface area (Å²) in [5.41, 5.74) is 0. The van der Waals surface area contributed by atoms with Gasteiger partial charge in [-0.05, 0) is 25.2 Å². The lowest BCUT2D eigenvalue weighted by molar-refractivity contribution is -0.141. The molecular weight excluding hydrogens is 264 g/mol. The lowest BCUT2D eigenvalue weighted by atomic mass is 9.95. The number of urea groups is 1. The Morgan fingerprint density at radius 1 is 1.25 bits per heavy atom. The van der Waals surface area contributed by atoms with Gasteiger partial charge < -0.3 is 25.1 Å². The van der Waals surface area contributed by atoms with Crippen LogP contribution in [0, 0.1) is 5.92 Å². The molecule has 0 saturated carbocycles. The first-order chi connectivity index (χ1) is 9.52. The second-order valence-electron chi connectivity index (χ2n) is 5.65.